The Kier molecular flexibility index (Phi) is 5.23. The first-order chi connectivity index (χ1) is 10.8. The molecule has 1 saturated heterocycles. The van der Waals surface area contributed by atoms with Gasteiger partial charge < -0.3 is 20.2 Å². The van der Waals surface area contributed by atoms with Gasteiger partial charge >= 0.3 is 0 Å². The van der Waals surface area contributed by atoms with E-state index in [-0.39, 0.29) is 6.61 Å². The molecule has 1 aromatic rings. The van der Waals surface area contributed by atoms with Gasteiger partial charge in [-0.25, -0.2) is 9.97 Å². The van der Waals surface area contributed by atoms with Crippen molar-refractivity contribution in [1.29, 1.82) is 0 Å². The number of likely N-dealkylation sites (N-methyl/N-ethyl adjacent to an activating group) is 1. The number of nitrogens with one attached hydrogen (secondary N) is 1. The topological polar surface area (TPSA) is 64.5 Å². The van der Waals surface area contributed by atoms with Crippen molar-refractivity contribution in [2.24, 2.45) is 5.92 Å². The van der Waals surface area contributed by atoms with Crippen molar-refractivity contribution in [2.75, 3.05) is 44.7 Å². The Bertz CT molecular complexity index is 454. The van der Waals surface area contributed by atoms with Crippen LogP contribution in [-0.4, -0.2) is 65.8 Å². The van der Waals surface area contributed by atoms with Crippen LogP contribution in [0.4, 0.5) is 5.95 Å². The molecule has 2 fully saturated rings. The lowest BCUT2D eigenvalue weighted by Gasteiger charge is -2.32. The molecule has 1 aliphatic carbocycles. The van der Waals surface area contributed by atoms with E-state index in [2.05, 4.69) is 32.1 Å². The molecule has 2 aliphatic rings. The highest BCUT2D eigenvalue weighted by molar-refractivity contribution is 5.30. The minimum atomic E-state index is 0.257. The summed E-state index contributed by atoms with van der Waals surface area (Å²) < 4.78 is 0. The maximum Gasteiger partial charge on any atom is 0.225 e. The van der Waals surface area contributed by atoms with Crippen molar-refractivity contribution in [2.45, 2.75) is 31.8 Å². The Balaban J connectivity index is 1.50. The number of aliphatic hydroxyl groups excluding tert-OH is 1. The van der Waals surface area contributed by atoms with Gasteiger partial charge in [0.05, 0.1) is 0 Å². The van der Waals surface area contributed by atoms with Crippen LogP contribution in [0.5, 0.6) is 0 Å². The summed E-state index contributed by atoms with van der Waals surface area (Å²) in [5.41, 5.74) is 1.11. The summed E-state index contributed by atoms with van der Waals surface area (Å²) in [4.78, 5) is 13.6. The summed E-state index contributed by atoms with van der Waals surface area (Å²) in [6.07, 6.45) is 7.27. The van der Waals surface area contributed by atoms with E-state index in [1.54, 1.807) is 0 Å². The fourth-order valence-corrected chi connectivity index (χ4v) is 3.00. The summed E-state index contributed by atoms with van der Waals surface area (Å²) in [6, 6.07) is 0.433. The predicted octanol–water partition coefficient (Wildman–Crippen LogP) is 0.479. The molecule has 2 N–H and O–H groups in total. The van der Waals surface area contributed by atoms with E-state index in [1.807, 2.05) is 12.4 Å². The molecule has 122 valence electrons. The zero-order valence-electron chi connectivity index (χ0n) is 13.4. The monoisotopic (exact) mass is 305 g/mol. The first-order valence-corrected chi connectivity index (χ1v) is 8.35. The Hall–Kier alpha value is -1.24. The summed E-state index contributed by atoms with van der Waals surface area (Å²) in [6.45, 7) is 5.16. The molecule has 0 bridgehead atoms. The van der Waals surface area contributed by atoms with Crippen LogP contribution in [0.2, 0.25) is 0 Å². The fraction of sp³-hybridized carbons (Fsp3) is 0.750. The second kappa shape index (κ2) is 7.35. The van der Waals surface area contributed by atoms with Gasteiger partial charge in [-0.05, 0) is 32.2 Å². The molecule has 0 aromatic carbocycles. The van der Waals surface area contributed by atoms with E-state index in [0.29, 0.717) is 6.04 Å². The number of piperazine rings is 1. The molecule has 1 saturated carbocycles. The molecule has 1 atom stereocenters. The largest absolute Gasteiger partial charge is 0.396 e. The highest BCUT2D eigenvalue weighted by Gasteiger charge is 2.30. The van der Waals surface area contributed by atoms with Crippen LogP contribution in [0, 0.1) is 5.92 Å². The molecule has 6 heteroatoms. The van der Waals surface area contributed by atoms with Crippen LogP contribution < -0.4 is 10.2 Å². The normalized spacial score (nSPS) is 21.1. The number of nitrogens with zero attached hydrogens (tertiary/aromatic N) is 4. The minimum absolute atomic E-state index is 0.257. The van der Waals surface area contributed by atoms with Gasteiger partial charge in [0.2, 0.25) is 5.95 Å². The second-order valence-electron chi connectivity index (χ2n) is 6.52. The van der Waals surface area contributed by atoms with Crippen LogP contribution in [0.3, 0.4) is 0 Å². The molecule has 22 heavy (non-hydrogen) atoms. The lowest BCUT2D eigenvalue weighted by molar-refractivity contribution is 0.255. The average Bonchev–Trinajstić information content (AvgIpc) is 3.38. The quantitative estimate of drug-likeness (QED) is 0.764. The number of aromatic nitrogens is 2. The van der Waals surface area contributed by atoms with Crippen molar-refractivity contribution >= 4 is 5.95 Å². The van der Waals surface area contributed by atoms with Crippen LogP contribution in [0.15, 0.2) is 12.4 Å². The standard InChI is InChI=1S/C16H27N5O/c1-20-5-7-21(8-6-20)16-18-11-13(12-19-16)10-17-15(4-9-22)14-2-3-14/h11-12,14-15,17,22H,2-10H2,1H3. The van der Waals surface area contributed by atoms with Crippen molar-refractivity contribution in [3.8, 4) is 0 Å². The van der Waals surface area contributed by atoms with E-state index >= 15 is 0 Å². The molecular formula is C16H27N5O. The number of hydrogen-bond acceptors (Lipinski definition) is 6. The van der Waals surface area contributed by atoms with Gasteiger partial charge in [0.25, 0.3) is 0 Å². The van der Waals surface area contributed by atoms with E-state index in [9.17, 15) is 0 Å². The molecule has 1 aromatic heterocycles. The highest BCUT2D eigenvalue weighted by Crippen LogP contribution is 2.34. The third kappa shape index (κ3) is 4.15. The van der Waals surface area contributed by atoms with Crippen molar-refractivity contribution in [3.63, 3.8) is 0 Å². The fourth-order valence-electron chi connectivity index (χ4n) is 3.00. The average molecular weight is 305 g/mol. The first-order valence-electron chi connectivity index (χ1n) is 8.35. The first kappa shape index (κ1) is 15.6. The van der Waals surface area contributed by atoms with Crippen molar-refractivity contribution in [1.82, 2.24) is 20.2 Å². The zero-order valence-corrected chi connectivity index (χ0v) is 13.4. The number of hydrogen-bond donors (Lipinski definition) is 2. The van der Waals surface area contributed by atoms with E-state index in [1.165, 1.54) is 12.8 Å². The Labute approximate surface area is 132 Å². The van der Waals surface area contributed by atoms with Crippen molar-refractivity contribution in [3.05, 3.63) is 18.0 Å². The Morgan fingerprint density at radius 3 is 2.50 bits per heavy atom. The van der Waals surface area contributed by atoms with E-state index in [4.69, 9.17) is 5.11 Å². The van der Waals surface area contributed by atoms with Crippen LogP contribution in [0.25, 0.3) is 0 Å². The number of rotatable bonds is 7. The molecule has 6 nitrogen and oxygen atoms in total. The highest BCUT2D eigenvalue weighted by atomic mass is 16.3. The second-order valence-corrected chi connectivity index (χ2v) is 6.52. The smallest absolute Gasteiger partial charge is 0.225 e. The van der Waals surface area contributed by atoms with Crippen LogP contribution >= 0.6 is 0 Å². The number of anilines is 1. The molecular weight excluding hydrogens is 278 g/mol. The maximum absolute atomic E-state index is 9.14. The summed E-state index contributed by atoms with van der Waals surface area (Å²) in [5.74, 6) is 1.59. The van der Waals surface area contributed by atoms with Gasteiger partial charge in [-0.2, -0.15) is 0 Å². The van der Waals surface area contributed by atoms with Crippen molar-refractivity contribution < 1.29 is 5.11 Å². The van der Waals surface area contributed by atoms with Crippen LogP contribution in [-0.2, 0) is 6.54 Å². The third-order valence-electron chi connectivity index (χ3n) is 4.68. The lowest BCUT2D eigenvalue weighted by Crippen LogP contribution is -2.45. The van der Waals surface area contributed by atoms with Crippen LogP contribution in [0.1, 0.15) is 24.8 Å². The van der Waals surface area contributed by atoms with Gasteiger partial charge in [-0.3, -0.25) is 0 Å². The van der Waals surface area contributed by atoms with Gasteiger partial charge in [0.15, 0.2) is 0 Å². The van der Waals surface area contributed by atoms with Gasteiger partial charge in [-0.15, -0.1) is 0 Å². The Morgan fingerprint density at radius 1 is 1.23 bits per heavy atom. The summed E-state index contributed by atoms with van der Waals surface area (Å²) >= 11 is 0. The molecule has 3 rings (SSSR count). The molecule has 0 amide bonds. The predicted molar refractivity (Wildman–Crippen MR) is 86.8 cm³/mol. The van der Waals surface area contributed by atoms with Gasteiger partial charge in [0, 0.05) is 63.3 Å². The van der Waals surface area contributed by atoms with Gasteiger partial charge in [-0.1, -0.05) is 0 Å². The summed E-state index contributed by atoms with van der Waals surface area (Å²) in [7, 11) is 2.15. The molecule has 2 heterocycles. The Morgan fingerprint density at radius 2 is 1.91 bits per heavy atom. The minimum Gasteiger partial charge on any atom is -0.396 e. The van der Waals surface area contributed by atoms with E-state index < -0.39 is 0 Å². The lowest BCUT2D eigenvalue weighted by atomic mass is 10.1. The van der Waals surface area contributed by atoms with E-state index in [0.717, 1.165) is 56.6 Å². The molecule has 1 aliphatic heterocycles. The molecule has 0 spiro atoms. The molecule has 1 unspecified atom stereocenters. The third-order valence-corrected chi connectivity index (χ3v) is 4.68. The molecule has 0 radical (unpaired) electrons. The SMILES string of the molecule is CN1CCN(c2ncc(CNC(CCO)C3CC3)cn2)CC1. The van der Waals surface area contributed by atoms with Gasteiger partial charge in [0.1, 0.15) is 0 Å². The number of aliphatic hydroxyl groups is 1. The maximum atomic E-state index is 9.14. The zero-order chi connectivity index (χ0) is 15.4. The summed E-state index contributed by atoms with van der Waals surface area (Å²) in [5, 5.41) is 12.7.